The largest absolute Gasteiger partial charge is 0.445 e. The molecular weight excluding hydrogens is 427 g/mol. The predicted molar refractivity (Wildman–Crippen MR) is 115 cm³/mol. The van der Waals surface area contributed by atoms with E-state index in [9.17, 15) is 14.7 Å². The van der Waals surface area contributed by atoms with Crippen LogP contribution in [0.4, 0.5) is 10.5 Å². The third kappa shape index (κ3) is 3.64. The van der Waals surface area contributed by atoms with Crippen LogP contribution in [0, 0.1) is 0 Å². The van der Waals surface area contributed by atoms with Crippen LogP contribution in [0.1, 0.15) is 24.0 Å². The van der Waals surface area contributed by atoms with Crippen LogP contribution in [-0.4, -0.2) is 48.2 Å². The summed E-state index contributed by atoms with van der Waals surface area (Å²) in [5.74, 6) is -0.104. The molecule has 1 saturated heterocycles. The van der Waals surface area contributed by atoms with Crippen molar-refractivity contribution in [2.75, 3.05) is 31.1 Å². The molecule has 1 N–H and O–H groups in total. The number of halogens is 2. The molecule has 6 nitrogen and oxygen atoms in total. The lowest BCUT2D eigenvalue weighted by Crippen LogP contribution is -2.50. The van der Waals surface area contributed by atoms with Crippen molar-refractivity contribution < 1.29 is 19.4 Å². The molecule has 1 spiro atoms. The molecule has 0 bridgehead atoms. The summed E-state index contributed by atoms with van der Waals surface area (Å²) in [4.78, 5) is 29.0. The molecule has 0 aromatic heterocycles. The Labute approximate surface area is 184 Å². The molecule has 1 fully saturated rings. The van der Waals surface area contributed by atoms with E-state index in [0.717, 1.165) is 11.1 Å². The molecule has 0 radical (unpaired) electrons. The average Bonchev–Trinajstić information content (AvgIpc) is 2.96. The van der Waals surface area contributed by atoms with E-state index >= 15 is 0 Å². The number of likely N-dealkylation sites (tertiary alicyclic amines) is 1. The summed E-state index contributed by atoms with van der Waals surface area (Å²) in [5.41, 5.74) is 1.49. The number of amides is 2. The summed E-state index contributed by atoms with van der Waals surface area (Å²) >= 11 is 12.7. The normalized spacial score (nSPS) is 17.4. The highest BCUT2D eigenvalue weighted by molar-refractivity contribution is 6.37. The summed E-state index contributed by atoms with van der Waals surface area (Å²) in [6.07, 6.45) is 0.472. The zero-order valence-corrected chi connectivity index (χ0v) is 17.8. The van der Waals surface area contributed by atoms with Crippen molar-refractivity contribution in [1.29, 1.82) is 0 Å². The number of hydrogen-bond donors (Lipinski definition) is 1. The van der Waals surface area contributed by atoms with Gasteiger partial charge in [-0.2, -0.15) is 0 Å². The third-order valence-electron chi connectivity index (χ3n) is 5.86. The second-order valence-electron chi connectivity index (χ2n) is 7.57. The quantitative estimate of drug-likeness (QED) is 0.766. The number of piperidine rings is 1. The minimum absolute atomic E-state index is 0.104. The van der Waals surface area contributed by atoms with Crippen LogP contribution < -0.4 is 4.90 Å². The molecule has 0 unspecified atom stereocenters. The number of fused-ring (bicyclic) bond motifs is 2. The fourth-order valence-corrected chi connectivity index (χ4v) is 5.05. The van der Waals surface area contributed by atoms with Crippen molar-refractivity contribution in [2.45, 2.75) is 24.9 Å². The zero-order valence-electron chi connectivity index (χ0n) is 16.3. The van der Waals surface area contributed by atoms with E-state index in [1.165, 1.54) is 0 Å². The smallest absolute Gasteiger partial charge is 0.410 e. The highest BCUT2D eigenvalue weighted by Crippen LogP contribution is 2.51. The maximum atomic E-state index is 13.4. The van der Waals surface area contributed by atoms with Gasteiger partial charge < -0.3 is 19.6 Å². The number of aliphatic hydroxyl groups excluding tert-OH is 1. The lowest BCUT2D eigenvalue weighted by atomic mass is 9.73. The monoisotopic (exact) mass is 448 g/mol. The molecule has 8 heteroatoms. The Bertz CT molecular complexity index is 959. The number of nitrogens with zero attached hydrogens (tertiary/aromatic N) is 2. The number of rotatable bonds is 4. The zero-order chi connectivity index (χ0) is 21.3. The molecule has 2 aromatic rings. The molecule has 2 aliphatic heterocycles. The van der Waals surface area contributed by atoms with Gasteiger partial charge in [0.15, 0.2) is 0 Å². The van der Waals surface area contributed by atoms with Gasteiger partial charge >= 0.3 is 6.09 Å². The lowest BCUT2D eigenvalue weighted by Gasteiger charge is -2.38. The minimum Gasteiger partial charge on any atom is -0.445 e. The van der Waals surface area contributed by atoms with Crippen LogP contribution in [0.3, 0.4) is 0 Å². The predicted octanol–water partition coefficient (Wildman–Crippen LogP) is 4.00. The van der Waals surface area contributed by atoms with Crippen molar-refractivity contribution in [3.8, 4) is 0 Å². The molecule has 2 aromatic carbocycles. The van der Waals surface area contributed by atoms with Crippen LogP contribution in [0.25, 0.3) is 0 Å². The number of ether oxygens (including phenoxy) is 1. The van der Waals surface area contributed by atoms with Gasteiger partial charge in [-0.25, -0.2) is 4.79 Å². The summed E-state index contributed by atoms with van der Waals surface area (Å²) in [5, 5.41) is 10.3. The molecule has 2 amide bonds. The average molecular weight is 449 g/mol. The number of aliphatic hydroxyl groups is 1. The van der Waals surface area contributed by atoms with Gasteiger partial charge in [0.1, 0.15) is 6.61 Å². The number of benzene rings is 2. The second-order valence-corrected chi connectivity index (χ2v) is 8.42. The van der Waals surface area contributed by atoms with Crippen LogP contribution in [0.5, 0.6) is 0 Å². The molecule has 158 valence electrons. The SMILES string of the molecule is O=C(OCc1ccccc1)N1CCC2(CC1)C(=O)N(CCO)c1cc(Cl)cc(Cl)c12. The van der Waals surface area contributed by atoms with Crippen molar-refractivity contribution in [3.63, 3.8) is 0 Å². The van der Waals surface area contributed by atoms with Gasteiger partial charge in [0.25, 0.3) is 0 Å². The van der Waals surface area contributed by atoms with Crippen molar-refractivity contribution >= 4 is 40.9 Å². The molecule has 0 saturated carbocycles. The summed E-state index contributed by atoms with van der Waals surface area (Å²) in [7, 11) is 0. The van der Waals surface area contributed by atoms with Gasteiger partial charge in [-0.15, -0.1) is 0 Å². The van der Waals surface area contributed by atoms with E-state index in [-0.39, 0.29) is 25.7 Å². The molecule has 4 rings (SSSR count). The fourth-order valence-electron chi connectivity index (χ4n) is 4.39. The Kier molecular flexibility index (Phi) is 5.91. The highest BCUT2D eigenvalue weighted by Gasteiger charge is 2.53. The van der Waals surface area contributed by atoms with Crippen LogP contribution in [-0.2, 0) is 21.6 Å². The van der Waals surface area contributed by atoms with Gasteiger partial charge in [0, 0.05) is 35.2 Å². The van der Waals surface area contributed by atoms with Crippen molar-refractivity contribution in [2.24, 2.45) is 0 Å². The number of carbonyl (C=O) groups is 2. The van der Waals surface area contributed by atoms with E-state index < -0.39 is 11.5 Å². The number of anilines is 1. The highest BCUT2D eigenvalue weighted by atomic mass is 35.5. The van der Waals surface area contributed by atoms with Gasteiger partial charge in [0.05, 0.1) is 17.7 Å². The lowest BCUT2D eigenvalue weighted by molar-refractivity contribution is -0.124. The summed E-state index contributed by atoms with van der Waals surface area (Å²) < 4.78 is 5.43. The second kappa shape index (κ2) is 8.46. The maximum Gasteiger partial charge on any atom is 0.410 e. The van der Waals surface area contributed by atoms with Gasteiger partial charge in [-0.1, -0.05) is 53.5 Å². The first-order chi connectivity index (χ1) is 14.5. The standard InChI is InChI=1S/C22H22Cl2N2O4/c23-16-12-17(24)19-18(13-16)26(10-11-27)20(28)22(19)6-8-25(9-7-22)21(29)30-14-15-4-2-1-3-5-15/h1-5,12-13,27H,6-11,14H2. The van der Waals surface area contributed by atoms with E-state index in [4.69, 9.17) is 27.9 Å². The topological polar surface area (TPSA) is 70.1 Å². The molecule has 2 heterocycles. The summed E-state index contributed by atoms with van der Waals surface area (Å²) in [6.45, 7) is 0.976. The Morgan fingerprint density at radius 3 is 2.50 bits per heavy atom. The maximum absolute atomic E-state index is 13.4. The third-order valence-corrected chi connectivity index (χ3v) is 6.38. The van der Waals surface area contributed by atoms with Crippen LogP contribution >= 0.6 is 23.2 Å². The van der Waals surface area contributed by atoms with E-state index in [1.54, 1.807) is 21.9 Å². The Balaban J connectivity index is 1.51. The fraction of sp³-hybridized carbons (Fsp3) is 0.364. The first kappa shape index (κ1) is 21.0. The first-order valence-corrected chi connectivity index (χ1v) is 10.6. The Hall–Kier alpha value is -2.28. The van der Waals surface area contributed by atoms with Gasteiger partial charge in [0.2, 0.25) is 5.91 Å². The Morgan fingerprint density at radius 1 is 1.13 bits per heavy atom. The summed E-state index contributed by atoms with van der Waals surface area (Å²) in [6, 6.07) is 12.8. The molecule has 30 heavy (non-hydrogen) atoms. The number of hydrogen-bond acceptors (Lipinski definition) is 4. The Morgan fingerprint density at radius 2 is 1.83 bits per heavy atom. The van der Waals surface area contributed by atoms with E-state index in [1.807, 2.05) is 30.3 Å². The number of β-amino-alcohol motifs (C(OH)–C–C–N with tert-alkyl or cyclic N) is 1. The minimum atomic E-state index is -0.817. The molecule has 0 atom stereocenters. The van der Waals surface area contributed by atoms with Crippen molar-refractivity contribution in [3.05, 3.63) is 63.6 Å². The van der Waals surface area contributed by atoms with E-state index in [2.05, 4.69) is 0 Å². The van der Waals surface area contributed by atoms with Gasteiger partial charge in [-0.3, -0.25) is 4.79 Å². The van der Waals surface area contributed by atoms with Crippen LogP contribution in [0.2, 0.25) is 10.0 Å². The molecular formula is C22H22Cl2N2O4. The van der Waals surface area contributed by atoms with Crippen molar-refractivity contribution in [1.82, 2.24) is 4.90 Å². The number of carbonyl (C=O) groups excluding carboxylic acids is 2. The van der Waals surface area contributed by atoms with Crippen LogP contribution in [0.15, 0.2) is 42.5 Å². The molecule has 0 aliphatic carbocycles. The van der Waals surface area contributed by atoms with E-state index in [0.29, 0.717) is 41.7 Å². The van der Waals surface area contributed by atoms with Gasteiger partial charge in [-0.05, 0) is 30.5 Å². The molecule has 2 aliphatic rings. The first-order valence-electron chi connectivity index (χ1n) is 9.84.